The number of carbonyl (C=O) groups is 3. The van der Waals surface area contributed by atoms with Gasteiger partial charge in [0.25, 0.3) is 5.91 Å². The number of carbonyl (C=O) groups excluding carboxylic acids is 3. The molecule has 0 atom stereocenters. The van der Waals surface area contributed by atoms with E-state index < -0.39 is 17.8 Å². The van der Waals surface area contributed by atoms with Crippen LogP contribution in [0.5, 0.6) is 5.75 Å². The van der Waals surface area contributed by atoms with Crippen molar-refractivity contribution in [1.29, 1.82) is 0 Å². The molecule has 8 heteroatoms. The van der Waals surface area contributed by atoms with Crippen molar-refractivity contribution in [3.63, 3.8) is 0 Å². The van der Waals surface area contributed by atoms with Crippen LogP contribution in [0.25, 0.3) is 0 Å². The topological polar surface area (TPSA) is 84.9 Å². The van der Waals surface area contributed by atoms with Gasteiger partial charge in [-0.2, -0.15) is 0 Å². The van der Waals surface area contributed by atoms with Gasteiger partial charge in [-0.3, -0.25) is 9.59 Å². The second kappa shape index (κ2) is 9.59. The average molecular weight is 391 g/mol. The quantitative estimate of drug-likeness (QED) is 0.734. The number of anilines is 1. The van der Waals surface area contributed by atoms with Crippen LogP contribution in [-0.2, 0) is 14.3 Å². The fourth-order valence-corrected chi connectivity index (χ4v) is 2.36. The van der Waals surface area contributed by atoms with Gasteiger partial charge in [-0.1, -0.05) is 35.9 Å². The predicted molar refractivity (Wildman–Crippen MR) is 101 cm³/mol. The Morgan fingerprint density at radius 3 is 2.44 bits per heavy atom. The molecule has 0 radical (unpaired) electrons. The minimum absolute atomic E-state index is 0.175. The van der Waals surface area contributed by atoms with Gasteiger partial charge in [-0.05, 0) is 24.3 Å². The molecule has 0 aliphatic rings. The van der Waals surface area contributed by atoms with E-state index in [2.05, 4.69) is 10.1 Å². The van der Waals surface area contributed by atoms with Crippen molar-refractivity contribution in [3.8, 4) is 5.75 Å². The summed E-state index contributed by atoms with van der Waals surface area (Å²) in [5.74, 6) is -1.16. The van der Waals surface area contributed by atoms with Gasteiger partial charge in [0, 0.05) is 7.05 Å². The highest BCUT2D eigenvalue weighted by atomic mass is 35.5. The SMILES string of the molecule is COC(=O)c1ccccc1OCC(=O)N(C)CC(=O)Nc1ccccc1Cl. The number of esters is 1. The maximum absolute atomic E-state index is 12.2. The van der Waals surface area contributed by atoms with Gasteiger partial charge in [-0.25, -0.2) is 4.79 Å². The normalized spacial score (nSPS) is 10.0. The van der Waals surface area contributed by atoms with Gasteiger partial charge in [0.2, 0.25) is 5.91 Å². The minimum Gasteiger partial charge on any atom is -0.483 e. The summed E-state index contributed by atoms with van der Waals surface area (Å²) in [6.45, 7) is -0.504. The van der Waals surface area contributed by atoms with Gasteiger partial charge < -0.3 is 19.7 Å². The summed E-state index contributed by atoms with van der Waals surface area (Å²) in [7, 11) is 2.74. The molecule has 2 aromatic carbocycles. The molecule has 2 amide bonds. The molecule has 0 aliphatic carbocycles. The zero-order valence-electron chi connectivity index (χ0n) is 14.9. The average Bonchev–Trinajstić information content (AvgIpc) is 2.67. The van der Waals surface area contributed by atoms with E-state index in [1.807, 2.05) is 0 Å². The van der Waals surface area contributed by atoms with Crippen molar-refractivity contribution in [1.82, 2.24) is 4.90 Å². The molecule has 7 nitrogen and oxygen atoms in total. The minimum atomic E-state index is -0.564. The van der Waals surface area contributed by atoms with E-state index in [0.29, 0.717) is 10.7 Å². The van der Waals surface area contributed by atoms with E-state index in [4.69, 9.17) is 16.3 Å². The van der Waals surface area contributed by atoms with E-state index in [1.165, 1.54) is 25.1 Å². The van der Waals surface area contributed by atoms with Crippen LogP contribution in [0.3, 0.4) is 0 Å². The van der Waals surface area contributed by atoms with Crippen LogP contribution in [0.1, 0.15) is 10.4 Å². The summed E-state index contributed by atoms with van der Waals surface area (Å²) in [5.41, 5.74) is 0.681. The number of para-hydroxylation sites is 2. The van der Waals surface area contributed by atoms with Gasteiger partial charge in [0.15, 0.2) is 6.61 Å². The number of ether oxygens (including phenoxy) is 2. The molecule has 0 heterocycles. The first-order valence-electron chi connectivity index (χ1n) is 8.01. The third-order valence-electron chi connectivity index (χ3n) is 3.60. The summed E-state index contributed by atoms with van der Waals surface area (Å²) in [5, 5.41) is 3.04. The number of nitrogens with zero attached hydrogens (tertiary/aromatic N) is 1. The highest BCUT2D eigenvalue weighted by Gasteiger charge is 2.17. The first kappa shape index (κ1) is 20.3. The van der Waals surface area contributed by atoms with Crippen molar-refractivity contribution in [2.75, 3.05) is 32.6 Å². The number of amides is 2. The van der Waals surface area contributed by atoms with Crippen LogP contribution in [0.2, 0.25) is 5.02 Å². The van der Waals surface area contributed by atoms with E-state index in [9.17, 15) is 14.4 Å². The van der Waals surface area contributed by atoms with Crippen molar-refractivity contribution in [3.05, 3.63) is 59.1 Å². The number of nitrogens with one attached hydrogen (secondary N) is 1. The Morgan fingerprint density at radius 2 is 1.74 bits per heavy atom. The van der Waals surface area contributed by atoms with Gasteiger partial charge in [-0.15, -0.1) is 0 Å². The summed E-state index contributed by atoms with van der Waals surface area (Å²) in [6, 6.07) is 13.2. The number of benzene rings is 2. The molecular weight excluding hydrogens is 372 g/mol. The third-order valence-corrected chi connectivity index (χ3v) is 3.93. The van der Waals surface area contributed by atoms with Crippen LogP contribution in [0.15, 0.2) is 48.5 Å². The lowest BCUT2D eigenvalue weighted by Gasteiger charge is -2.18. The smallest absolute Gasteiger partial charge is 0.341 e. The highest BCUT2D eigenvalue weighted by Crippen LogP contribution is 2.20. The lowest BCUT2D eigenvalue weighted by Crippen LogP contribution is -2.37. The lowest BCUT2D eigenvalue weighted by atomic mass is 10.2. The van der Waals surface area contributed by atoms with E-state index >= 15 is 0 Å². The van der Waals surface area contributed by atoms with Crippen molar-refractivity contribution < 1.29 is 23.9 Å². The Bertz CT molecular complexity index is 840. The summed E-state index contributed by atoms with van der Waals surface area (Å²) in [4.78, 5) is 37.2. The summed E-state index contributed by atoms with van der Waals surface area (Å²) in [6.07, 6.45) is 0. The monoisotopic (exact) mass is 390 g/mol. The number of likely N-dealkylation sites (N-methyl/N-ethyl adjacent to an activating group) is 1. The molecule has 1 N–H and O–H groups in total. The van der Waals surface area contributed by atoms with Crippen LogP contribution < -0.4 is 10.1 Å². The molecule has 2 rings (SSSR count). The zero-order chi connectivity index (χ0) is 19.8. The molecule has 0 bridgehead atoms. The van der Waals surface area contributed by atoms with Crippen molar-refractivity contribution >= 4 is 35.1 Å². The van der Waals surface area contributed by atoms with Crippen molar-refractivity contribution in [2.45, 2.75) is 0 Å². The molecule has 0 aromatic heterocycles. The first-order valence-corrected chi connectivity index (χ1v) is 8.38. The number of hydrogen-bond acceptors (Lipinski definition) is 5. The molecule has 0 unspecified atom stereocenters. The first-order chi connectivity index (χ1) is 12.9. The molecule has 0 saturated heterocycles. The van der Waals surface area contributed by atoms with Crippen LogP contribution in [-0.4, -0.2) is 50.0 Å². The summed E-state index contributed by atoms with van der Waals surface area (Å²) < 4.78 is 10.1. The standard InChI is InChI=1S/C19H19ClN2O5/c1-22(11-17(23)21-15-9-5-4-8-14(15)20)18(24)12-27-16-10-6-3-7-13(16)19(25)26-2/h3-10H,11-12H2,1-2H3,(H,21,23). The van der Waals surface area contributed by atoms with Gasteiger partial charge in [0.05, 0.1) is 24.4 Å². The Balaban J connectivity index is 1.90. The molecule has 142 valence electrons. The molecule has 0 spiro atoms. The molecule has 0 fully saturated rings. The number of rotatable bonds is 7. The maximum Gasteiger partial charge on any atom is 0.341 e. The zero-order valence-corrected chi connectivity index (χ0v) is 15.7. The highest BCUT2D eigenvalue weighted by molar-refractivity contribution is 6.33. The van der Waals surface area contributed by atoms with Gasteiger partial charge in [0.1, 0.15) is 11.3 Å². The second-order valence-electron chi connectivity index (χ2n) is 5.55. The van der Waals surface area contributed by atoms with E-state index in [0.717, 1.165) is 0 Å². The maximum atomic E-state index is 12.2. The predicted octanol–water partition coefficient (Wildman–Crippen LogP) is 2.60. The largest absolute Gasteiger partial charge is 0.483 e. The Morgan fingerprint density at radius 1 is 1.07 bits per heavy atom. The lowest BCUT2D eigenvalue weighted by molar-refractivity contribution is -0.135. The third kappa shape index (κ3) is 5.72. The van der Waals surface area contributed by atoms with Gasteiger partial charge >= 0.3 is 5.97 Å². The molecular formula is C19H19ClN2O5. The number of halogens is 1. The fourth-order valence-electron chi connectivity index (χ4n) is 2.18. The molecule has 27 heavy (non-hydrogen) atoms. The second-order valence-corrected chi connectivity index (χ2v) is 5.96. The Kier molecular flexibility index (Phi) is 7.19. The van der Waals surface area contributed by atoms with Crippen LogP contribution in [0, 0.1) is 0 Å². The van der Waals surface area contributed by atoms with E-state index in [-0.39, 0.29) is 24.5 Å². The molecule has 0 aliphatic heterocycles. The Labute approximate surface area is 161 Å². The fraction of sp³-hybridized carbons (Fsp3) is 0.211. The van der Waals surface area contributed by atoms with E-state index in [1.54, 1.807) is 42.5 Å². The number of hydrogen-bond donors (Lipinski definition) is 1. The van der Waals surface area contributed by atoms with Crippen LogP contribution >= 0.6 is 11.6 Å². The molecule has 2 aromatic rings. The summed E-state index contributed by atoms with van der Waals surface area (Å²) >= 11 is 5.98. The Hall–Kier alpha value is -3.06. The van der Waals surface area contributed by atoms with Crippen LogP contribution in [0.4, 0.5) is 5.69 Å². The number of methoxy groups -OCH3 is 1. The molecule has 0 saturated carbocycles. The van der Waals surface area contributed by atoms with Crippen molar-refractivity contribution in [2.24, 2.45) is 0 Å².